The summed E-state index contributed by atoms with van der Waals surface area (Å²) in [5.41, 5.74) is 0.262. The Labute approximate surface area is 120 Å². The van der Waals surface area contributed by atoms with Crippen molar-refractivity contribution < 1.29 is 9.53 Å². The molecule has 4 heteroatoms. The van der Waals surface area contributed by atoms with E-state index >= 15 is 0 Å². The summed E-state index contributed by atoms with van der Waals surface area (Å²) in [4.78, 5) is 18.7. The lowest BCUT2D eigenvalue weighted by atomic mass is 9.93. The average molecular weight is 274 g/mol. The normalized spacial score (nSPS) is 24.0. The summed E-state index contributed by atoms with van der Waals surface area (Å²) in [5.74, 6) is 0.0701. The predicted octanol–water partition coefficient (Wildman–Crippen LogP) is 2.65. The number of carbonyl (C=O) groups excluding carboxylic acids is 1. The Balaban J connectivity index is 1.84. The van der Waals surface area contributed by atoms with Crippen molar-refractivity contribution in [3.05, 3.63) is 30.1 Å². The van der Waals surface area contributed by atoms with Crippen LogP contribution in [0.15, 0.2) is 24.5 Å². The average Bonchev–Trinajstić information content (AvgIpc) is 2.84. The van der Waals surface area contributed by atoms with Gasteiger partial charge in [-0.1, -0.05) is 12.8 Å². The van der Waals surface area contributed by atoms with Gasteiger partial charge in [-0.15, -0.1) is 0 Å². The summed E-state index contributed by atoms with van der Waals surface area (Å²) < 4.78 is 6.33. The van der Waals surface area contributed by atoms with Crippen LogP contribution in [0.2, 0.25) is 0 Å². The molecule has 1 saturated carbocycles. The highest BCUT2D eigenvalue weighted by atomic mass is 16.5. The van der Waals surface area contributed by atoms with Gasteiger partial charge in [-0.05, 0) is 38.8 Å². The number of hydrogen-bond donors (Lipinski definition) is 0. The zero-order valence-electron chi connectivity index (χ0n) is 12.3. The summed E-state index contributed by atoms with van der Waals surface area (Å²) >= 11 is 0. The van der Waals surface area contributed by atoms with Crippen LogP contribution in [0.5, 0.6) is 0 Å². The zero-order chi connectivity index (χ0) is 14.2. The smallest absolute Gasteiger partial charge is 0.255 e. The molecule has 2 heterocycles. The highest BCUT2D eigenvalue weighted by molar-refractivity contribution is 5.94. The van der Waals surface area contributed by atoms with Gasteiger partial charge in [-0.25, -0.2) is 0 Å². The second-order valence-electron chi connectivity index (χ2n) is 6.65. The number of ether oxygens (including phenoxy) is 1. The van der Waals surface area contributed by atoms with E-state index in [-0.39, 0.29) is 17.1 Å². The Bertz CT molecular complexity index is 492. The van der Waals surface area contributed by atoms with E-state index in [1.54, 1.807) is 12.4 Å². The lowest BCUT2D eigenvalue weighted by Gasteiger charge is -2.48. The van der Waals surface area contributed by atoms with Crippen LogP contribution in [0, 0.1) is 0 Å². The number of amides is 1. The summed E-state index contributed by atoms with van der Waals surface area (Å²) in [7, 11) is 0. The van der Waals surface area contributed by atoms with Gasteiger partial charge in [-0.2, -0.15) is 0 Å². The standard InChI is InChI=1S/C16H22N2O2/c1-15(2)11-18(12-16(20-15)7-3-4-8-16)14(19)13-6-5-9-17-10-13/h5-6,9-10H,3-4,7-8,11-12H2,1-2H3. The highest BCUT2D eigenvalue weighted by Crippen LogP contribution is 2.40. The second-order valence-corrected chi connectivity index (χ2v) is 6.65. The first kappa shape index (κ1) is 13.6. The van der Waals surface area contributed by atoms with Crippen LogP contribution in [0.25, 0.3) is 0 Å². The molecule has 0 atom stereocenters. The van der Waals surface area contributed by atoms with Gasteiger partial charge in [-0.3, -0.25) is 9.78 Å². The van der Waals surface area contributed by atoms with E-state index in [9.17, 15) is 4.79 Å². The maximum Gasteiger partial charge on any atom is 0.255 e. The molecular formula is C16H22N2O2. The molecule has 2 fully saturated rings. The highest BCUT2D eigenvalue weighted by Gasteiger charge is 2.47. The molecule has 0 radical (unpaired) electrons. The predicted molar refractivity (Wildman–Crippen MR) is 76.5 cm³/mol. The number of hydrogen-bond acceptors (Lipinski definition) is 3. The van der Waals surface area contributed by atoms with Crippen LogP contribution in [0.3, 0.4) is 0 Å². The van der Waals surface area contributed by atoms with E-state index in [0.717, 1.165) is 12.8 Å². The summed E-state index contributed by atoms with van der Waals surface area (Å²) in [6.07, 6.45) is 7.86. The van der Waals surface area contributed by atoms with Crippen LogP contribution in [0.1, 0.15) is 49.9 Å². The molecule has 1 aromatic rings. The Morgan fingerprint density at radius 3 is 2.70 bits per heavy atom. The molecule has 1 amide bonds. The topological polar surface area (TPSA) is 42.4 Å². The first-order valence-corrected chi connectivity index (χ1v) is 7.39. The number of morpholine rings is 1. The van der Waals surface area contributed by atoms with Crippen molar-refractivity contribution in [3.63, 3.8) is 0 Å². The molecule has 1 aliphatic heterocycles. The molecule has 0 bridgehead atoms. The maximum absolute atomic E-state index is 12.7. The Kier molecular flexibility index (Phi) is 3.28. The lowest BCUT2D eigenvalue weighted by Crippen LogP contribution is -2.60. The van der Waals surface area contributed by atoms with E-state index in [4.69, 9.17) is 4.74 Å². The monoisotopic (exact) mass is 274 g/mol. The van der Waals surface area contributed by atoms with Gasteiger partial charge in [0.2, 0.25) is 0 Å². The molecule has 1 spiro atoms. The van der Waals surface area contributed by atoms with Crippen molar-refractivity contribution in [2.75, 3.05) is 13.1 Å². The molecule has 4 nitrogen and oxygen atoms in total. The van der Waals surface area contributed by atoms with Crippen LogP contribution in [-0.2, 0) is 4.74 Å². The SMILES string of the molecule is CC1(C)CN(C(=O)c2cccnc2)CC2(CCCC2)O1. The molecule has 1 aromatic heterocycles. The summed E-state index contributed by atoms with van der Waals surface area (Å²) in [6, 6.07) is 3.64. The third-order valence-electron chi connectivity index (χ3n) is 4.25. The number of rotatable bonds is 1. The van der Waals surface area contributed by atoms with Crippen LogP contribution >= 0.6 is 0 Å². The third kappa shape index (κ3) is 2.57. The number of aromatic nitrogens is 1. The molecule has 1 aliphatic carbocycles. The van der Waals surface area contributed by atoms with Crippen LogP contribution in [0.4, 0.5) is 0 Å². The fraction of sp³-hybridized carbons (Fsp3) is 0.625. The minimum Gasteiger partial charge on any atom is -0.365 e. The van der Waals surface area contributed by atoms with Crippen LogP contribution < -0.4 is 0 Å². The van der Waals surface area contributed by atoms with E-state index < -0.39 is 0 Å². The lowest BCUT2D eigenvalue weighted by molar-refractivity contribution is -0.184. The van der Waals surface area contributed by atoms with E-state index in [0.29, 0.717) is 18.7 Å². The molecule has 0 unspecified atom stereocenters. The van der Waals surface area contributed by atoms with E-state index in [1.807, 2.05) is 17.0 Å². The van der Waals surface area contributed by atoms with Crippen molar-refractivity contribution in [1.82, 2.24) is 9.88 Å². The third-order valence-corrected chi connectivity index (χ3v) is 4.25. The fourth-order valence-corrected chi connectivity index (χ4v) is 3.61. The van der Waals surface area contributed by atoms with Gasteiger partial charge in [0.05, 0.1) is 23.3 Å². The Hall–Kier alpha value is -1.42. The summed E-state index contributed by atoms with van der Waals surface area (Å²) in [6.45, 7) is 5.51. The maximum atomic E-state index is 12.7. The zero-order valence-corrected chi connectivity index (χ0v) is 12.3. The molecule has 20 heavy (non-hydrogen) atoms. The molecule has 2 aliphatic rings. The molecule has 108 valence electrons. The van der Waals surface area contributed by atoms with Crippen molar-refractivity contribution in [2.24, 2.45) is 0 Å². The van der Waals surface area contributed by atoms with E-state index in [2.05, 4.69) is 18.8 Å². The second kappa shape index (κ2) is 4.85. The van der Waals surface area contributed by atoms with Gasteiger partial charge in [0.1, 0.15) is 0 Å². The minimum absolute atomic E-state index is 0.0701. The van der Waals surface area contributed by atoms with Gasteiger partial charge in [0.25, 0.3) is 5.91 Å². The van der Waals surface area contributed by atoms with Gasteiger partial charge < -0.3 is 9.64 Å². The van der Waals surface area contributed by atoms with Crippen molar-refractivity contribution >= 4 is 5.91 Å². The van der Waals surface area contributed by atoms with Gasteiger partial charge in [0, 0.05) is 18.9 Å². The number of nitrogens with zero attached hydrogens (tertiary/aromatic N) is 2. The minimum atomic E-state index is -0.277. The Morgan fingerprint density at radius 2 is 2.05 bits per heavy atom. The largest absolute Gasteiger partial charge is 0.365 e. The van der Waals surface area contributed by atoms with Crippen LogP contribution in [-0.4, -0.2) is 40.1 Å². The van der Waals surface area contributed by atoms with Gasteiger partial charge >= 0.3 is 0 Å². The Morgan fingerprint density at radius 1 is 1.30 bits per heavy atom. The van der Waals surface area contributed by atoms with E-state index in [1.165, 1.54) is 12.8 Å². The first-order chi connectivity index (χ1) is 9.50. The van der Waals surface area contributed by atoms with Crippen molar-refractivity contribution in [3.8, 4) is 0 Å². The van der Waals surface area contributed by atoms with Crippen molar-refractivity contribution in [1.29, 1.82) is 0 Å². The fourth-order valence-electron chi connectivity index (χ4n) is 3.61. The number of pyridine rings is 1. The van der Waals surface area contributed by atoms with Gasteiger partial charge in [0.15, 0.2) is 0 Å². The first-order valence-electron chi connectivity index (χ1n) is 7.39. The molecular weight excluding hydrogens is 252 g/mol. The quantitative estimate of drug-likeness (QED) is 0.790. The molecule has 0 aromatic carbocycles. The summed E-state index contributed by atoms with van der Waals surface area (Å²) in [5, 5.41) is 0. The molecule has 1 saturated heterocycles. The molecule has 0 N–H and O–H groups in total. The van der Waals surface area contributed by atoms with Crippen molar-refractivity contribution in [2.45, 2.75) is 50.7 Å². The molecule has 3 rings (SSSR count). The number of carbonyl (C=O) groups is 1.